The summed E-state index contributed by atoms with van der Waals surface area (Å²) in [5, 5.41) is 7.38. The third kappa shape index (κ3) is 4.91. The first-order chi connectivity index (χ1) is 14.6. The summed E-state index contributed by atoms with van der Waals surface area (Å²) < 4.78 is 8.19. The highest BCUT2D eigenvalue weighted by Gasteiger charge is 2.29. The Morgan fingerprint density at radius 3 is 2.60 bits per heavy atom. The molecule has 0 atom stereocenters. The minimum Gasteiger partial charge on any atom is -0.463 e. The number of aromatic nitrogens is 3. The molecule has 0 aromatic carbocycles. The van der Waals surface area contributed by atoms with Crippen molar-refractivity contribution in [2.45, 2.75) is 70.4 Å². The number of ether oxygens (including phenoxy) is 1. The molecule has 2 heterocycles. The Kier molecular flexibility index (Phi) is 6.50. The fraction of sp³-hybridized carbons (Fsp3) is 0.636. The minimum absolute atomic E-state index is 0.126. The summed E-state index contributed by atoms with van der Waals surface area (Å²) in [6, 6.07) is 5.52. The van der Waals surface area contributed by atoms with E-state index in [1.54, 1.807) is 18.3 Å². The Hall–Kier alpha value is -2.64. The van der Waals surface area contributed by atoms with Crippen LogP contribution in [0.2, 0.25) is 0 Å². The molecular formula is C22H30N4O4. The number of hydrogen-bond donors (Lipinski definition) is 1. The molecule has 2 aliphatic rings. The molecule has 0 saturated heterocycles. The van der Waals surface area contributed by atoms with Crippen LogP contribution in [0.4, 0.5) is 0 Å². The van der Waals surface area contributed by atoms with E-state index in [4.69, 9.17) is 4.74 Å². The first-order valence-corrected chi connectivity index (χ1v) is 11.1. The second-order valence-corrected chi connectivity index (χ2v) is 8.57. The van der Waals surface area contributed by atoms with Gasteiger partial charge in [-0.1, -0.05) is 18.9 Å². The maximum atomic E-state index is 12.4. The van der Waals surface area contributed by atoms with E-state index in [-0.39, 0.29) is 42.7 Å². The number of carbonyl (C=O) groups excluding carboxylic acids is 2. The lowest BCUT2D eigenvalue weighted by atomic mass is 9.86. The van der Waals surface area contributed by atoms with E-state index in [1.165, 1.54) is 34.8 Å². The van der Waals surface area contributed by atoms with Gasteiger partial charge in [0, 0.05) is 18.7 Å². The van der Waals surface area contributed by atoms with Gasteiger partial charge in [0.25, 0.3) is 0 Å². The second-order valence-electron chi connectivity index (χ2n) is 8.57. The summed E-state index contributed by atoms with van der Waals surface area (Å²) in [7, 11) is 0. The zero-order valence-corrected chi connectivity index (χ0v) is 17.3. The van der Waals surface area contributed by atoms with Gasteiger partial charge in [-0.05, 0) is 56.6 Å². The Balaban J connectivity index is 1.17. The first kappa shape index (κ1) is 20.6. The van der Waals surface area contributed by atoms with Gasteiger partial charge >= 0.3 is 11.7 Å². The molecule has 30 heavy (non-hydrogen) atoms. The van der Waals surface area contributed by atoms with Crippen molar-refractivity contribution in [3.63, 3.8) is 0 Å². The fourth-order valence-corrected chi connectivity index (χ4v) is 4.70. The average Bonchev–Trinajstić information content (AvgIpc) is 3.37. The van der Waals surface area contributed by atoms with E-state index < -0.39 is 0 Å². The zero-order valence-electron chi connectivity index (χ0n) is 17.3. The number of hydrogen-bond acceptors (Lipinski definition) is 5. The third-order valence-electron chi connectivity index (χ3n) is 6.41. The summed E-state index contributed by atoms with van der Waals surface area (Å²) in [6.07, 6.45) is 10.2. The summed E-state index contributed by atoms with van der Waals surface area (Å²) in [6.45, 7) is 0.361. The van der Waals surface area contributed by atoms with Gasteiger partial charge in [0.2, 0.25) is 5.91 Å². The molecule has 0 aliphatic heterocycles. The fourth-order valence-electron chi connectivity index (χ4n) is 4.70. The van der Waals surface area contributed by atoms with Crippen molar-refractivity contribution in [1.29, 1.82) is 0 Å². The van der Waals surface area contributed by atoms with E-state index in [9.17, 15) is 14.4 Å². The second kappa shape index (κ2) is 9.45. The summed E-state index contributed by atoms with van der Waals surface area (Å²) >= 11 is 0. The van der Waals surface area contributed by atoms with Crippen molar-refractivity contribution in [1.82, 2.24) is 19.5 Å². The van der Waals surface area contributed by atoms with Crippen LogP contribution in [-0.2, 0) is 20.9 Å². The van der Waals surface area contributed by atoms with Crippen LogP contribution >= 0.6 is 0 Å². The smallest absolute Gasteiger partial charge is 0.350 e. The predicted octanol–water partition coefficient (Wildman–Crippen LogP) is 2.29. The van der Waals surface area contributed by atoms with Gasteiger partial charge in [-0.2, -0.15) is 0 Å². The molecule has 0 unspecified atom stereocenters. The number of nitrogens with zero attached hydrogens (tertiary/aromatic N) is 3. The molecule has 8 nitrogen and oxygen atoms in total. The van der Waals surface area contributed by atoms with Crippen LogP contribution in [0.15, 0.2) is 29.2 Å². The molecule has 4 rings (SSSR count). The van der Waals surface area contributed by atoms with Crippen molar-refractivity contribution in [3.05, 3.63) is 34.9 Å². The number of rotatable bonds is 7. The Morgan fingerprint density at radius 2 is 1.87 bits per heavy atom. The van der Waals surface area contributed by atoms with Crippen LogP contribution in [0.5, 0.6) is 0 Å². The third-order valence-corrected chi connectivity index (χ3v) is 6.41. The largest absolute Gasteiger partial charge is 0.463 e. The molecule has 2 fully saturated rings. The summed E-state index contributed by atoms with van der Waals surface area (Å²) in [4.78, 5) is 36.8. The molecule has 1 N–H and O–H groups in total. The zero-order chi connectivity index (χ0) is 20.9. The number of pyridine rings is 1. The lowest BCUT2D eigenvalue weighted by Crippen LogP contribution is -2.39. The van der Waals surface area contributed by atoms with Gasteiger partial charge in [-0.15, -0.1) is 5.10 Å². The van der Waals surface area contributed by atoms with Crippen LogP contribution in [0, 0.1) is 11.8 Å². The van der Waals surface area contributed by atoms with E-state index >= 15 is 0 Å². The van der Waals surface area contributed by atoms with Crippen molar-refractivity contribution in [2.75, 3.05) is 6.61 Å². The molecular weight excluding hydrogens is 384 g/mol. The normalized spacial score (nSPS) is 22.3. The molecule has 0 bridgehead atoms. The molecule has 8 heteroatoms. The Bertz CT molecular complexity index is 936. The van der Waals surface area contributed by atoms with Crippen LogP contribution < -0.4 is 11.0 Å². The maximum absolute atomic E-state index is 12.4. The van der Waals surface area contributed by atoms with Gasteiger partial charge < -0.3 is 10.1 Å². The van der Waals surface area contributed by atoms with Crippen LogP contribution in [0.1, 0.15) is 57.8 Å². The van der Waals surface area contributed by atoms with E-state index in [0.29, 0.717) is 18.0 Å². The van der Waals surface area contributed by atoms with Crippen molar-refractivity contribution in [2.24, 2.45) is 11.8 Å². The highest BCUT2D eigenvalue weighted by atomic mass is 16.5. The standard InChI is InChI=1S/C22H30N4O4/c27-20(15-16-5-1-2-6-16)23-18-10-8-17(9-11-18)21(28)30-14-13-26-22(29)25-12-4-3-7-19(25)24-26/h3-4,7,12,16-18H,1-2,5-6,8-11,13-15H2,(H,23,27). The molecule has 2 aliphatic carbocycles. The minimum atomic E-state index is -0.240. The van der Waals surface area contributed by atoms with Gasteiger partial charge in [0.15, 0.2) is 5.65 Å². The molecule has 0 spiro atoms. The maximum Gasteiger partial charge on any atom is 0.350 e. The van der Waals surface area contributed by atoms with Crippen molar-refractivity contribution >= 4 is 17.5 Å². The number of amides is 1. The van der Waals surface area contributed by atoms with Crippen molar-refractivity contribution < 1.29 is 14.3 Å². The molecule has 162 valence electrons. The Labute approximate surface area is 175 Å². The SMILES string of the molecule is O=C(CC1CCCC1)NC1CCC(C(=O)OCCn2nc3ccccn3c2=O)CC1. The molecule has 2 saturated carbocycles. The quantitative estimate of drug-likeness (QED) is 0.702. The van der Waals surface area contributed by atoms with E-state index in [2.05, 4.69) is 10.4 Å². The summed E-state index contributed by atoms with van der Waals surface area (Å²) in [5.74, 6) is 0.357. The lowest BCUT2D eigenvalue weighted by molar-refractivity contribution is -0.150. The molecule has 0 radical (unpaired) electrons. The highest BCUT2D eigenvalue weighted by molar-refractivity contribution is 5.76. The van der Waals surface area contributed by atoms with Gasteiger partial charge in [-0.3, -0.25) is 14.0 Å². The van der Waals surface area contributed by atoms with Crippen LogP contribution in [-0.4, -0.2) is 38.7 Å². The Morgan fingerprint density at radius 1 is 1.10 bits per heavy atom. The number of carbonyl (C=O) groups is 2. The topological polar surface area (TPSA) is 94.7 Å². The van der Waals surface area contributed by atoms with E-state index in [0.717, 1.165) is 25.7 Å². The predicted molar refractivity (Wildman–Crippen MR) is 111 cm³/mol. The first-order valence-electron chi connectivity index (χ1n) is 11.1. The lowest BCUT2D eigenvalue weighted by Gasteiger charge is -2.28. The molecule has 2 aromatic rings. The van der Waals surface area contributed by atoms with Gasteiger partial charge in [0.05, 0.1) is 12.5 Å². The van der Waals surface area contributed by atoms with E-state index in [1.807, 2.05) is 6.07 Å². The monoisotopic (exact) mass is 414 g/mol. The number of fused-ring (bicyclic) bond motifs is 1. The number of nitrogens with one attached hydrogen (secondary N) is 1. The van der Waals surface area contributed by atoms with Crippen LogP contribution in [0.25, 0.3) is 5.65 Å². The summed E-state index contributed by atoms with van der Waals surface area (Å²) in [5.41, 5.74) is 0.331. The number of esters is 1. The molecule has 1 amide bonds. The molecule has 2 aromatic heterocycles. The highest BCUT2D eigenvalue weighted by Crippen LogP contribution is 2.28. The van der Waals surface area contributed by atoms with Gasteiger partial charge in [0.1, 0.15) is 6.61 Å². The van der Waals surface area contributed by atoms with Crippen LogP contribution in [0.3, 0.4) is 0 Å². The average molecular weight is 415 g/mol. The van der Waals surface area contributed by atoms with Gasteiger partial charge in [-0.25, -0.2) is 9.48 Å². The van der Waals surface area contributed by atoms with Crippen molar-refractivity contribution in [3.8, 4) is 0 Å².